The minimum absolute atomic E-state index is 0.0188. The van der Waals surface area contributed by atoms with Gasteiger partial charge in [0, 0.05) is 25.5 Å². The molecule has 1 unspecified atom stereocenters. The Hall–Kier alpha value is -1.96. The van der Waals surface area contributed by atoms with Gasteiger partial charge in [-0.2, -0.15) is 0 Å². The fourth-order valence-corrected chi connectivity index (χ4v) is 6.14. The van der Waals surface area contributed by atoms with E-state index in [0.717, 1.165) is 29.8 Å². The number of halogens is 1. The number of likely N-dealkylation sites (tertiary alicyclic amines) is 1. The van der Waals surface area contributed by atoms with Gasteiger partial charge in [-0.05, 0) is 12.1 Å². The standard InChI is InChI=1S/C19H20ClN3O4/c1-27-9-8-22-16(24)13-12-6-3-7-23(12)19(14(13)17(22)25)10-4-2-5-11(20)15(10)21-18(19)26/h2,4-5,12-14H,3,6-9H2,1H3,(H,21,26)/p+1/t12-,13-,14+,19-/m1/s1. The van der Waals surface area contributed by atoms with Gasteiger partial charge in [0.2, 0.25) is 17.4 Å². The van der Waals surface area contributed by atoms with Crippen molar-refractivity contribution in [3.63, 3.8) is 0 Å². The molecule has 0 radical (unpaired) electrons. The molecule has 1 spiro atoms. The van der Waals surface area contributed by atoms with Gasteiger partial charge in [0.25, 0.3) is 5.91 Å². The Morgan fingerprint density at radius 1 is 1.33 bits per heavy atom. The van der Waals surface area contributed by atoms with Crippen molar-refractivity contribution in [2.45, 2.75) is 24.4 Å². The number of nitrogens with one attached hydrogen (secondary N) is 2. The number of imide groups is 1. The summed E-state index contributed by atoms with van der Waals surface area (Å²) in [6, 6.07) is 5.40. The Kier molecular flexibility index (Phi) is 3.67. The molecule has 27 heavy (non-hydrogen) atoms. The zero-order valence-corrected chi connectivity index (χ0v) is 15.7. The summed E-state index contributed by atoms with van der Waals surface area (Å²) in [5.41, 5.74) is 0.267. The summed E-state index contributed by atoms with van der Waals surface area (Å²) in [5.74, 6) is -1.77. The van der Waals surface area contributed by atoms with E-state index in [9.17, 15) is 14.4 Å². The minimum Gasteiger partial charge on any atom is -0.383 e. The zero-order chi connectivity index (χ0) is 18.9. The fraction of sp³-hybridized carbons (Fsp3) is 0.526. The highest BCUT2D eigenvalue weighted by Crippen LogP contribution is 2.52. The predicted molar refractivity (Wildman–Crippen MR) is 96.2 cm³/mol. The third-order valence-corrected chi connectivity index (χ3v) is 7.13. The lowest BCUT2D eigenvalue weighted by Gasteiger charge is -2.33. The number of fused-ring (bicyclic) bond motifs is 7. The van der Waals surface area contributed by atoms with E-state index in [1.54, 1.807) is 13.2 Å². The van der Waals surface area contributed by atoms with Crippen molar-refractivity contribution in [1.29, 1.82) is 0 Å². The van der Waals surface area contributed by atoms with Crippen LogP contribution in [0.5, 0.6) is 0 Å². The number of carbonyl (C=O) groups is 3. The first kappa shape index (κ1) is 17.2. The van der Waals surface area contributed by atoms with Crippen LogP contribution in [0, 0.1) is 11.8 Å². The lowest BCUT2D eigenvalue weighted by Crippen LogP contribution is -3.19. The number of para-hydroxylation sites is 1. The summed E-state index contributed by atoms with van der Waals surface area (Å²) < 4.78 is 5.07. The molecule has 3 saturated heterocycles. The molecular formula is C19H21ClN3O4+. The van der Waals surface area contributed by atoms with Crippen LogP contribution in [0.4, 0.5) is 5.69 Å². The van der Waals surface area contributed by atoms with Gasteiger partial charge >= 0.3 is 0 Å². The maximum Gasteiger partial charge on any atom is 0.291 e. The zero-order valence-electron chi connectivity index (χ0n) is 15.0. The highest BCUT2D eigenvalue weighted by molar-refractivity contribution is 6.35. The van der Waals surface area contributed by atoms with Crippen LogP contribution in [0.15, 0.2) is 18.2 Å². The summed E-state index contributed by atoms with van der Waals surface area (Å²) in [6.07, 6.45) is 1.78. The first-order valence-electron chi connectivity index (χ1n) is 9.34. The van der Waals surface area contributed by atoms with Gasteiger partial charge in [-0.3, -0.25) is 19.3 Å². The second-order valence-corrected chi connectivity index (χ2v) is 8.18. The number of methoxy groups -OCH3 is 1. The van der Waals surface area contributed by atoms with Crippen molar-refractivity contribution in [2.24, 2.45) is 11.8 Å². The Labute approximate surface area is 161 Å². The number of rotatable bonds is 3. The van der Waals surface area contributed by atoms with Crippen molar-refractivity contribution in [3.05, 3.63) is 28.8 Å². The number of anilines is 1. The highest BCUT2D eigenvalue weighted by atomic mass is 35.5. The summed E-state index contributed by atoms with van der Waals surface area (Å²) in [5, 5.41) is 3.38. The monoisotopic (exact) mass is 390 g/mol. The maximum absolute atomic E-state index is 13.4. The SMILES string of the molecule is COCCN1C(=O)[C@@H]2[C@H]3CCC[NH+]3[C@@]3(C(=O)Nc4c(Cl)cccc43)[C@@H]2C1=O. The third kappa shape index (κ3) is 1.92. The number of amides is 3. The van der Waals surface area contributed by atoms with E-state index in [-0.39, 0.29) is 30.3 Å². The van der Waals surface area contributed by atoms with Crippen LogP contribution in [-0.2, 0) is 24.7 Å². The van der Waals surface area contributed by atoms with E-state index in [0.29, 0.717) is 17.3 Å². The van der Waals surface area contributed by atoms with Gasteiger partial charge in [0.15, 0.2) is 0 Å². The van der Waals surface area contributed by atoms with Gasteiger partial charge in [0.1, 0.15) is 17.9 Å². The largest absolute Gasteiger partial charge is 0.383 e. The highest BCUT2D eigenvalue weighted by Gasteiger charge is 2.78. The molecule has 4 aliphatic heterocycles. The summed E-state index contributed by atoms with van der Waals surface area (Å²) in [6.45, 7) is 1.29. The van der Waals surface area contributed by atoms with Gasteiger partial charge < -0.3 is 15.0 Å². The van der Waals surface area contributed by atoms with Crippen molar-refractivity contribution in [3.8, 4) is 0 Å². The van der Waals surface area contributed by atoms with Crippen LogP contribution in [0.1, 0.15) is 18.4 Å². The lowest BCUT2D eigenvalue weighted by atomic mass is 9.75. The maximum atomic E-state index is 13.4. The number of hydrogen-bond acceptors (Lipinski definition) is 4. The number of benzene rings is 1. The smallest absolute Gasteiger partial charge is 0.291 e. The van der Waals surface area contributed by atoms with Crippen LogP contribution in [0.25, 0.3) is 0 Å². The molecular weight excluding hydrogens is 370 g/mol. The third-order valence-electron chi connectivity index (χ3n) is 6.81. The van der Waals surface area contributed by atoms with Crippen molar-refractivity contribution in [2.75, 3.05) is 32.1 Å². The van der Waals surface area contributed by atoms with Gasteiger partial charge in [-0.25, -0.2) is 0 Å². The summed E-state index contributed by atoms with van der Waals surface area (Å²) in [7, 11) is 1.54. The summed E-state index contributed by atoms with van der Waals surface area (Å²) in [4.78, 5) is 42.2. The van der Waals surface area contributed by atoms with Gasteiger partial charge in [-0.1, -0.05) is 17.7 Å². The van der Waals surface area contributed by atoms with Crippen LogP contribution in [-0.4, -0.2) is 55.5 Å². The Balaban J connectivity index is 1.70. The van der Waals surface area contributed by atoms with E-state index in [1.165, 1.54) is 4.90 Å². The molecule has 8 heteroatoms. The number of hydrogen-bond donors (Lipinski definition) is 2. The van der Waals surface area contributed by atoms with Crippen LogP contribution < -0.4 is 10.2 Å². The molecule has 0 bridgehead atoms. The second-order valence-electron chi connectivity index (χ2n) is 7.77. The molecule has 0 aromatic heterocycles. The fourth-order valence-electron chi connectivity index (χ4n) is 5.91. The minimum atomic E-state index is -1.07. The number of carbonyl (C=O) groups excluding carboxylic acids is 3. The Morgan fingerprint density at radius 2 is 2.15 bits per heavy atom. The molecule has 1 aromatic carbocycles. The normalized spacial score (nSPS) is 36.4. The van der Waals surface area contributed by atoms with Crippen LogP contribution in [0.2, 0.25) is 5.02 Å². The molecule has 3 fully saturated rings. The first-order chi connectivity index (χ1) is 13.0. The topological polar surface area (TPSA) is 80.2 Å². The second kappa shape index (κ2) is 5.77. The van der Waals surface area contributed by atoms with E-state index < -0.39 is 17.4 Å². The van der Waals surface area contributed by atoms with Crippen LogP contribution >= 0.6 is 11.6 Å². The van der Waals surface area contributed by atoms with Crippen molar-refractivity contribution < 1.29 is 24.0 Å². The molecule has 5 atom stereocenters. The molecule has 0 aliphatic carbocycles. The quantitative estimate of drug-likeness (QED) is 0.700. The van der Waals surface area contributed by atoms with E-state index in [4.69, 9.17) is 16.3 Å². The molecule has 4 aliphatic rings. The number of ether oxygens (including phenoxy) is 1. The first-order valence-corrected chi connectivity index (χ1v) is 9.72. The average Bonchev–Trinajstić information content (AvgIpc) is 3.34. The predicted octanol–water partition coefficient (Wildman–Crippen LogP) is -0.204. The van der Waals surface area contributed by atoms with E-state index in [1.807, 2.05) is 12.1 Å². The van der Waals surface area contributed by atoms with Gasteiger partial charge in [0.05, 0.1) is 30.4 Å². The molecule has 1 aromatic rings. The number of nitrogens with zero attached hydrogens (tertiary/aromatic N) is 1. The molecule has 4 heterocycles. The molecule has 7 nitrogen and oxygen atoms in total. The lowest BCUT2D eigenvalue weighted by molar-refractivity contribution is -0.948. The van der Waals surface area contributed by atoms with Crippen molar-refractivity contribution >= 4 is 35.0 Å². The molecule has 5 rings (SSSR count). The Bertz CT molecular complexity index is 875. The van der Waals surface area contributed by atoms with E-state index in [2.05, 4.69) is 5.32 Å². The van der Waals surface area contributed by atoms with Crippen LogP contribution in [0.3, 0.4) is 0 Å². The number of quaternary nitrogens is 1. The van der Waals surface area contributed by atoms with E-state index >= 15 is 0 Å². The Morgan fingerprint density at radius 3 is 2.93 bits per heavy atom. The molecule has 0 saturated carbocycles. The molecule has 2 N–H and O–H groups in total. The molecule has 3 amide bonds. The van der Waals surface area contributed by atoms with Gasteiger partial charge in [-0.15, -0.1) is 0 Å². The summed E-state index contributed by atoms with van der Waals surface area (Å²) >= 11 is 6.34. The molecule has 142 valence electrons. The average molecular weight is 391 g/mol. The van der Waals surface area contributed by atoms with Crippen molar-refractivity contribution in [1.82, 2.24) is 4.90 Å².